The van der Waals surface area contributed by atoms with Crippen molar-refractivity contribution in [2.24, 2.45) is 0 Å². The van der Waals surface area contributed by atoms with E-state index in [1.165, 1.54) is 22.3 Å². The molecule has 0 saturated heterocycles. The first-order chi connectivity index (χ1) is 21.4. The summed E-state index contributed by atoms with van der Waals surface area (Å²) < 4.78 is 0. The van der Waals surface area contributed by atoms with Gasteiger partial charge in [-0.25, -0.2) is 4.98 Å². The predicted molar refractivity (Wildman–Crippen MR) is 185 cm³/mol. The molecule has 0 amide bonds. The van der Waals surface area contributed by atoms with E-state index in [2.05, 4.69) is 165 Å². The van der Waals surface area contributed by atoms with Crippen molar-refractivity contribution >= 4 is 0 Å². The van der Waals surface area contributed by atoms with Crippen molar-refractivity contribution in [1.82, 2.24) is 15.0 Å². The topological polar surface area (TPSA) is 44.5 Å². The van der Waals surface area contributed by atoms with Crippen molar-refractivity contribution in [1.29, 1.82) is 0 Å². The summed E-state index contributed by atoms with van der Waals surface area (Å²) in [5, 5.41) is 0. The summed E-state index contributed by atoms with van der Waals surface area (Å²) in [6.45, 7) is 8.48. The number of aryl methyl sites for hydroxylation is 4. The summed E-state index contributed by atoms with van der Waals surface area (Å²) in [7, 11) is 0. The molecule has 0 saturated carbocycles. The van der Waals surface area contributed by atoms with Gasteiger partial charge < -0.3 is 9.97 Å². The van der Waals surface area contributed by atoms with E-state index in [4.69, 9.17) is 4.98 Å². The summed E-state index contributed by atoms with van der Waals surface area (Å²) in [4.78, 5) is 12.8. The molecule has 214 valence electrons. The molecule has 0 unspecified atom stereocenters. The van der Waals surface area contributed by atoms with E-state index in [1.54, 1.807) is 0 Å². The zero-order valence-electron chi connectivity index (χ0n) is 25.6. The molecule has 44 heavy (non-hydrogen) atoms. The van der Waals surface area contributed by atoms with Crippen LogP contribution in [-0.2, 0) is 0 Å². The largest absolute Gasteiger partial charge is 0.353 e. The first-order valence-electron chi connectivity index (χ1n) is 15.1. The first kappa shape index (κ1) is 27.4. The van der Waals surface area contributed by atoms with Crippen molar-refractivity contribution in [2.75, 3.05) is 0 Å². The Bertz CT molecular complexity index is 1910. The van der Waals surface area contributed by atoms with Gasteiger partial charge in [0, 0.05) is 22.5 Å². The fourth-order valence-electron chi connectivity index (χ4n) is 5.73. The lowest BCUT2D eigenvalue weighted by Crippen LogP contribution is -1.92. The van der Waals surface area contributed by atoms with E-state index in [-0.39, 0.29) is 0 Å². The number of hydrogen-bond donors (Lipinski definition) is 2. The van der Waals surface area contributed by atoms with Gasteiger partial charge in [0.05, 0.1) is 22.8 Å². The monoisotopic (exact) mass is 569 g/mol. The Balaban J connectivity index is 1.38. The van der Waals surface area contributed by atoms with Crippen LogP contribution >= 0.6 is 0 Å². The Hall–Kier alpha value is -5.41. The van der Waals surface area contributed by atoms with Gasteiger partial charge >= 0.3 is 0 Å². The average Bonchev–Trinajstić information content (AvgIpc) is 3.69. The standard InChI is InChI=1S/C41H35N3/c1-26-8-16-30(17-9-26)34-24-38(32-20-12-28(3)13-21-32)43-40(34)36-6-5-7-37(42-36)41-35(31-18-10-27(2)11-19-31)25-39(44-41)33-22-14-29(4)15-23-33/h5-25,43-44H,1-4H3. The molecule has 3 heterocycles. The summed E-state index contributed by atoms with van der Waals surface area (Å²) in [5.74, 6) is 0. The lowest BCUT2D eigenvalue weighted by atomic mass is 10.0. The second-order valence-corrected chi connectivity index (χ2v) is 11.8. The Morgan fingerprint density at radius 3 is 1.05 bits per heavy atom. The van der Waals surface area contributed by atoms with Gasteiger partial charge in [-0.05, 0) is 74.2 Å². The molecule has 0 bridgehead atoms. The lowest BCUT2D eigenvalue weighted by Gasteiger charge is -2.09. The molecule has 0 aliphatic heterocycles. The number of benzene rings is 4. The van der Waals surface area contributed by atoms with Crippen LogP contribution < -0.4 is 0 Å². The molecule has 0 fully saturated rings. The Morgan fingerprint density at radius 1 is 0.386 bits per heavy atom. The quantitative estimate of drug-likeness (QED) is 0.206. The predicted octanol–water partition coefficient (Wildman–Crippen LogP) is 11.0. The minimum atomic E-state index is 0.901. The van der Waals surface area contributed by atoms with E-state index in [9.17, 15) is 0 Å². The van der Waals surface area contributed by atoms with Crippen molar-refractivity contribution in [3.05, 3.63) is 150 Å². The van der Waals surface area contributed by atoms with Gasteiger partial charge in [0.15, 0.2) is 0 Å². The van der Waals surface area contributed by atoms with Crippen LogP contribution in [-0.4, -0.2) is 15.0 Å². The second-order valence-electron chi connectivity index (χ2n) is 11.8. The lowest BCUT2D eigenvalue weighted by molar-refractivity contribution is 1.25. The molecule has 3 aromatic heterocycles. The maximum absolute atomic E-state index is 5.30. The first-order valence-corrected chi connectivity index (χ1v) is 15.1. The molecular formula is C41H35N3. The van der Waals surface area contributed by atoms with E-state index >= 15 is 0 Å². The minimum Gasteiger partial charge on any atom is -0.353 e. The summed E-state index contributed by atoms with van der Waals surface area (Å²) in [5.41, 5.74) is 17.8. The average molecular weight is 570 g/mol. The molecule has 0 spiro atoms. The molecule has 3 nitrogen and oxygen atoms in total. The zero-order valence-corrected chi connectivity index (χ0v) is 25.6. The molecule has 4 aromatic carbocycles. The smallest absolute Gasteiger partial charge is 0.0879 e. The molecule has 0 aliphatic rings. The molecule has 0 aliphatic carbocycles. The molecule has 2 N–H and O–H groups in total. The Labute approximate surface area is 259 Å². The van der Waals surface area contributed by atoms with Crippen LogP contribution in [0.5, 0.6) is 0 Å². The second kappa shape index (κ2) is 11.3. The molecular weight excluding hydrogens is 534 g/mol. The van der Waals surface area contributed by atoms with E-state index in [1.807, 2.05) is 0 Å². The number of hydrogen-bond acceptors (Lipinski definition) is 1. The number of aromatic nitrogens is 3. The van der Waals surface area contributed by atoms with Crippen LogP contribution in [0.3, 0.4) is 0 Å². The van der Waals surface area contributed by atoms with E-state index in [0.29, 0.717) is 0 Å². The van der Waals surface area contributed by atoms with E-state index < -0.39 is 0 Å². The van der Waals surface area contributed by atoms with Crippen molar-refractivity contribution in [2.45, 2.75) is 27.7 Å². The number of pyridine rings is 1. The van der Waals surface area contributed by atoms with Crippen molar-refractivity contribution in [3.8, 4) is 67.5 Å². The summed E-state index contributed by atoms with van der Waals surface area (Å²) in [6.07, 6.45) is 0. The summed E-state index contributed by atoms with van der Waals surface area (Å²) >= 11 is 0. The van der Waals surface area contributed by atoms with Gasteiger partial charge in [-0.1, -0.05) is 125 Å². The van der Waals surface area contributed by atoms with Gasteiger partial charge in [-0.3, -0.25) is 0 Å². The van der Waals surface area contributed by atoms with Crippen LogP contribution in [0.15, 0.2) is 127 Å². The van der Waals surface area contributed by atoms with Crippen LogP contribution in [0.25, 0.3) is 67.5 Å². The third-order valence-electron chi connectivity index (χ3n) is 8.35. The number of nitrogens with zero attached hydrogens (tertiary/aromatic N) is 1. The minimum absolute atomic E-state index is 0.901. The van der Waals surface area contributed by atoms with Crippen LogP contribution in [0.1, 0.15) is 22.3 Å². The zero-order chi connectivity index (χ0) is 30.2. The highest BCUT2D eigenvalue weighted by atomic mass is 14.8. The van der Waals surface area contributed by atoms with Gasteiger partial charge in [-0.2, -0.15) is 0 Å². The summed E-state index contributed by atoms with van der Waals surface area (Å²) in [6, 6.07) is 45.6. The fourth-order valence-corrected chi connectivity index (χ4v) is 5.73. The Kier molecular flexibility index (Phi) is 7.07. The maximum atomic E-state index is 5.30. The maximum Gasteiger partial charge on any atom is 0.0879 e. The van der Waals surface area contributed by atoms with Gasteiger partial charge in [0.25, 0.3) is 0 Å². The highest BCUT2D eigenvalue weighted by Gasteiger charge is 2.18. The van der Waals surface area contributed by atoms with Gasteiger partial charge in [-0.15, -0.1) is 0 Å². The third kappa shape index (κ3) is 5.41. The number of aromatic amines is 2. The van der Waals surface area contributed by atoms with Crippen molar-refractivity contribution in [3.63, 3.8) is 0 Å². The van der Waals surface area contributed by atoms with Crippen LogP contribution in [0.2, 0.25) is 0 Å². The van der Waals surface area contributed by atoms with Gasteiger partial charge in [0.1, 0.15) is 0 Å². The molecule has 0 atom stereocenters. The fraction of sp³-hybridized carbons (Fsp3) is 0.0976. The van der Waals surface area contributed by atoms with Crippen LogP contribution in [0, 0.1) is 27.7 Å². The van der Waals surface area contributed by atoms with Gasteiger partial charge in [0.2, 0.25) is 0 Å². The molecule has 7 aromatic rings. The number of H-pyrrole nitrogens is 2. The number of nitrogens with one attached hydrogen (secondary N) is 2. The molecule has 3 heteroatoms. The highest BCUT2D eigenvalue weighted by molar-refractivity contribution is 5.88. The third-order valence-corrected chi connectivity index (χ3v) is 8.35. The molecule has 7 rings (SSSR count). The Morgan fingerprint density at radius 2 is 0.705 bits per heavy atom. The van der Waals surface area contributed by atoms with E-state index in [0.717, 1.165) is 67.5 Å². The number of rotatable bonds is 6. The normalized spacial score (nSPS) is 11.2. The van der Waals surface area contributed by atoms with Crippen molar-refractivity contribution < 1.29 is 0 Å². The highest BCUT2D eigenvalue weighted by Crippen LogP contribution is 2.39. The SMILES string of the molecule is Cc1ccc(-c2cc(-c3ccc(C)cc3)c(-c3cccc(-c4[nH]c(-c5ccc(C)cc5)cc4-c4ccc(C)cc4)n3)[nH]2)cc1. The van der Waals surface area contributed by atoms with Crippen LogP contribution in [0.4, 0.5) is 0 Å². The molecule has 0 radical (unpaired) electrons.